The molecule has 8 nitrogen and oxygen atoms in total. The number of amides is 2. The lowest BCUT2D eigenvalue weighted by Gasteiger charge is -2.26. The van der Waals surface area contributed by atoms with Gasteiger partial charge in [-0.25, -0.2) is 4.99 Å². The number of aliphatic imine (C=N–C) groups is 1. The quantitative estimate of drug-likeness (QED) is 0.261. The van der Waals surface area contributed by atoms with Crippen LogP contribution in [0.15, 0.2) is 75.0 Å². The van der Waals surface area contributed by atoms with Gasteiger partial charge in [-0.15, -0.1) is 0 Å². The molecule has 2 amide bonds. The van der Waals surface area contributed by atoms with Crippen LogP contribution in [-0.2, 0) is 16.1 Å². The van der Waals surface area contributed by atoms with E-state index in [2.05, 4.69) is 28.1 Å². The van der Waals surface area contributed by atoms with Gasteiger partial charge in [0.15, 0.2) is 16.7 Å². The van der Waals surface area contributed by atoms with E-state index in [1.165, 1.54) is 17.3 Å². The van der Waals surface area contributed by atoms with Gasteiger partial charge in [0.1, 0.15) is 6.61 Å². The molecule has 2 heterocycles. The lowest BCUT2D eigenvalue weighted by Crippen LogP contribution is -2.40. The second-order valence-electron chi connectivity index (χ2n) is 9.82. The van der Waals surface area contributed by atoms with Gasteiger partial charge in [0, 0.05) is 25.2 Å². The molecule has 0 N–H and O–H groups in total. The van der Waals surface area contributed by atoms with Crippen molar-refractivity contribution in [1.82, 2.24) is 9.80 Å². The molecule has 2 saturated heterocycles. The van der Waals surface area contributed by atoms with Crippen molar-refractivity contribution in [3.8, 4) is 11.5 Å². The molecule has 0 aliphatic carbocycles. The fraction of sp³-hybridized carbons (Fsp3) is 0.281. The Hall–Kier alpha value is -3.60. The van der Waals surface area contributed by atoms with Crippen molar-refractivity contribution in [2.75, 3.05) is 40.0 Å². The molecule has 218 valence electrons. The van der Waals surface area contributed by atoms with Crippen molar-refractivity contribution in [2.45, 2.75) is 20.5 Å². The molecular weight excluding hydrogens is 618 g/mol. The predicted molar refractivity (Wildman–Crippen MR) is 169 cm³/mol. The van der Waals surface area contributed by atoms with E-state index in [0.717, 1.165) is 15.6 Å². The van der Waals surface area contributed by atoms with Crippen LogP contribution in [0.25, 0.3) is 6.08 Å². The molecule has 42 heavy (non-hydrogen) atoms. The van der Waals surface area contributed by atoms with Crippen molar-refractivity contribution in [1.29, 1.82) is 0 Å². The topological polar surface area (TPSA) is 80.7 Å². The summed E-state index contributed by atoms with van der Waals surface area (Å²) in [4.78, 5) is 35.0. The number of carbonyl (C=O) groups excluding carboxylic acids is 2. The van der Waals surface area contributed by atoms with Crippen LogP contribution in [0.2, 0.25) is 0 Å². The minimum Gasteiger partial charge on any atom is -0.493 e. The molecule has 3 aromatic rings. The predicted octanol–water partition coefficient (Wildman–Crippen LogP) is 6.44. The molecule has 2 aliphatic heterocycles. The molecule has 2 aliphatic rings. The van der Waals surface area contributed by atoms with E-state index in [-0.39, 0.29) is 11.8 Å². The first kappa shape index (κ1) is 29.9. The number of ether oxygens (including phenoxy) is 3. The molecule has 0 atom stereocenters. The lowest BCUT2D eigenvalue weighted by atomic mass is 10.1. The Bertz CT molecular complexity index is 1530. The van der Waals surface area contributed by atoms with Crippen LogP contribution in [0.3, 0.4) is 0 Å². The zero-order valence-corrected chi connectivity index (χ0v) is 26.2. The Balaban J connectivity index is 1.36. The van der Waals surface area contributed by atoms with Crippen LogP contribution in [0.4, 0.5) is 5.69 Å². The van der Waals surface area contributed by atoms with Gasteiger partial charge in [-0.3, -0.25) is 14.5 Å². The second kappa shape index (κ2) is 13.6. The highest BCUT2D eigenvalue weighted by Gasteiger charge is 2.32. The fourth-order valence-electron chi connectivity index (χ4n) is 4.59. The van der Waals surface area contributed by atoms with Crippen molar-refractivity contribution in [3.05, 3.63) is 92.3 Å². The lowest BCUT2D eigenvalue weighted by molar-refractivity contribution is -0.122. The fourth-order valence-corrected chi connectivity index (χ4v) is 6.23. The number of morpholine rings is 1. The summed E-state index contributed by atoms with van der Waals surface area (Å²) in [5.74, 6) is 0.974. The van der Waals surface area contributed by atoms with Crippen molar-refractivity contribution in [3.63, 3.8) is 0 Å². The Morgan fingerprint density at radius 2 is 1.88 bits per heavy atom. The number of hydrogen-bond donors (Lipinski definition) is 0. The van der Waals surface area contributed by atoms with Crippen LogP contribution in [0.1, 0.15) is 34.0 Å². The number of rotatable bonds is 8. The van der Waals surface area contributed by atoms with Gasteiger partial charge in [0.05, 0.1) is 35.4 Å². The van der Waals surface area contributed by atoms with E-state index < -0.39 is 0 Å². The summed E-state index contributed by atoms with van der Waals surface area (Å²) in [5, 5.41) is 0.564. The highest BCUT2D eigenvalue weighted by molar-refractivity contribution is 9.10. The molecule has 3 aromatic carbocycles. The highest BCUT2D eigenvalue weighted by atomic mass is 79.9. The molecule has 0 radical (unpaired) electrons. The van der Waals surface area contributed by atoms with Gasteiger partial charge in [0.25, 0.3) is 11.8 Å². The Morgan fingerprint density at radius 3 is 2.60 bits per heavy atom. The van der Waals surface area contributed by atoms with Gasteiger partial charge < -0.3 is 19.1 Å². The van der Waals surface area contributed by atoms with E-state index in [4.69, 9.17) is 19.2 Å². The number of amidine groups is 1. The minimum absolute atomic E-state index is 0.0470. The zero-order valence-electron chi connectivity index (χ0n) is 23.8. The third-order valence-electron chi connectivity index (χ3n) is 6.87. The molecule has 5 rings (SSSR count). The Labute approximate surface area is 258 Å². The maximum atomic E-state index is 13.3. The highest BCUT2D eigenvalue weighted by Crippen LogP contribution is 2.40. The molecule has 0 saturated carbocycles. The number of likely N-dealkylation sites (N-methyl/N-ethyl adjacent to an activating group) is 1. The van der Waals surface area contributed by atoms with Crippen molar-refractivity contribution < 1.29 is 23.8 Å². The van der Waals surface area contributed by atoms with E-state index in [1.807, 2.05) is 56.3 Å². The van der Waals surface area contributed by atoms with Gasteiger partial charge in [-0.2, -0.15) is 0 Å². The maximum absolute atomic E-state index is 13.3. The van der Waals surface area contributed by atoms with Crippen LogP contribution in [0.5, 0.6) is 11.5 Å². The molecular formula is C32H32BrN3O5S. The number of methoxy groups -OCH3 is 1. The van der Waals surface area contributed by atoms with Gasteiger partial charge >= 0.3 is 0 Å². The van der Waals surface area contributed by atoms with E-state index in [1.54, 1.807) is 29.0 Å². The van der Waals surface area contributed by atoms with Gasteiger partial charge in [0.2, 0.25) is 0 Å². The minimum atomic E-state index is -0.128. The summed E-state index contributed by atoms with van der Waals surface area (Å²) in [6.45, 7) is 7.04. The van der Waals surface area contributed by atoms with Crippen molar-refractivity contribution >= 4 is 56.4 Å². The number of nitrogens with zero attached hydrogens (tertiary/aromatic N) is 3. The van der Waals surface area contributed by atoms with E-state index in [9.17, 15) is 9.59 Å². The largest absolute Gasteiger partial charge is 0.493 e. The number of hydrogen-bond acceptors (Lipinski definition) is 7. The first-order valence-corrected chi connectivity index (χ1v) is 15.3. The third kappa shape index (κ3) is 6.88. The SMILES string of the molecule is CCN1C(=O)/C(=C\c2cc(Br)c(OCc3ccc(C)cc3)c(OC)c2)SC1=Nc1cccc(C(=O)N2CCOCC2)c1. The number of aryl methyl sites for hydroxylation is 1. The summed E-state index contributed by atoms with van der Waals surface area (Å²) < 4.78 is 17.8. The number of benzene rings is 3. The Morgan fingerprint density at radius 1 is 1.12 bits per heavy atom. The summed E-state index contributed by atoms with van der Waals surface area (Å²) in [6.07, 6.45) is 1.83. The number of carbonyl (C=O) groups is 2. The first-order valence-electron chi connectivity index (χ1n) is 13.7. The molecule has 0 unspecified atom stereocenters. The summed E-state index contributed by atoms with van der Waals surface area (Å²) in [6, 6.07) is 19.1. The normalized spacial score (nSPS) is 17.3. The average Bonchev–Trinajstić information content (AvgIpc) is 3.30. The molecule has 10 heteroatoms. The van der Waals surface area contributed by atoms with Crippen LogP contribution in [0, 0.1) is 6.92 Å². The first-order chi connectivity index (χ1) is 20.4. The van der Waals surface area contributed by atoms with E-state index >= 15 is 0 Å². The number of thioether (sulfide) groups is 1. The Kier molecular flexibility index (Phi) is 9.66. The summed E-state index contributed by atoms with van der Waals surface area (Å²) in [7, 11) is 1.59. The van der Waals surface area contributed by atoms with E-state index in [0.29, 0.717) is 72.3 Å². The molecule has 0 spiro atoms. The smallest absolute Gasteiger partial charge is 0.266 e. The molecule has 0 aromatic heterocycles. The van der Waals surface area contributed by atoms with Crippen molar-refractivity contribution in [2.24, 2.45) is 4.99 Å². The maximum Gasteiger partial charge on any atom is 0.266 e. The van der Waals surface area contributed by atoms with Crippen LogP contribution < -0.4 is 9.47 Å². The molecule has 2 fully saturated rings. The van der Waals surface area contributed by atoms with Crippen LogP contribution in [-0.4, -0.2) is 66.7 Å². The summed E-state index contributed by atoms with van der Waals surface area (Å²) >= 11 is 4.92. The monoisotopic (exact) mass is 649 g/mol. The standard InChI is InChI=1S/C32H32BrN3O5S/c1-4-36-31(38)28(42-32(36)34-25-7-5-6-24(19-25)30(37)35-12-14-40-15-13-35)18-23-16-26(33)29(27(17-23)39-3)41-20-22-10-8-21(2)9-11-22/h5-11,16-19H,4,12-15,20H2,1-3H3/b28-18+,34-32?. The van der Waals surface area contributed by atoms with Gasteiger partial charge in [-0.1, -0.05) is 35.9 Å². The summed E-state index contributed by atoms with van der Waals surface area (Å²) in [5.41, 5.74) is 4.21. The third-order valence-corrected chi connectivity index (χ3v) is 8.47. The van der Waals surface area contributed by atoms with Crippen LogP contribution >= 0.6 is 27.7 Å². The van der Waals surface area contributed by atoms with Gasteiger partial charge in [-0.05, 0) is 89.1 Å². The average molecular weight is 651 g/mol. The zero-order chi connectivity index (χ0) is 29.6. The molecule has 0 bridgehead atoms. The number of halogens is 1. The second-order valence-corrected chi connectivity index (χ2v) is 11.7.